The number of nitrogens with zero attached hydrogens (tertiary/aromatic N) is 1. The molecular formula is C21H35N3O3S. The van der Waals surface area contributed by atoms with E-state index in [-0.39, 0.29) is 17.9 Å². The summed E-state index contributed by atoms with van der Waals surface area (Å²) < 4.78 is 32.3. The van der Waals surface area contributed by atoms with Gasteiger partial charge in [-0.05, 0) is 71.4 Å². The average molecular weight is 410 g/mol. The van der Waals surface area contributed by atoms with E-state index in [0.717, 1.165) is 50.2 Å². The minimum atomic E-state index is -3.10. The monoisotopic (exact) mass is 409 g/mol. The molecule has 2 aliphatic rings. The van der Waals surface area contributed by atoms with Crippen molar-refractivity contribution >= 4 is 21.4 Å². The molecule has 0 spiro atoms. The van der Waals surface area contributed by atoms with Gasteiger partial charge in [0.1, 0.15) is 11.9 Å². The third-order valence-electron chi connectivity index (χ3n) is 5.84. The van der Waals surface area contributed by atoms with Crippen LogP contribution in [0.1, 0.15) is 53.4 Å². The molecule has 6 nitrogen and oxygen atoms in total. The van der Waals surface area contributed by atoms with Gasteiger partial charge in [-0.1, -0.05) is 0 Å². The fourth-order valence-electron chi connectivity index (χ4n) is 4.16. The van der Waals surface area contributed by atoms with Crippen LogP contribution in [0.25, 0.3) is 0 Å². The second-order valence-corrected chi connectivity index (χ2v) is 10.5. The first kappa shape index (κ1) is 21.2. The van der Waals surface area contributed by atoms with Crippen LogP contribution in [0.4, 0.5) is 11.4 Å². The lowest BCUT2D eigenvalue weighted by Gasteiger charge is -2.38. The number of benzene rings is 1. The normalized spacial score (nSPS) is 25.3. The summed E-state index contributed by atoms with van der Waals surface area (Å²) in [5, 5.41) is 3.56. The van der Waals surface area contributed by atoms with Crippen molar-refractivity contribution in [3.8, 4) is 5.75 Å². The Balaban J connectivity index is 1.53. The molecule has 2 N–H and O–H groups in total. The van der Waals surface area contributed by atoms with Gasteiger partial charge in [0.2, 0.25) is 10.0 Å². The molecule has 3 rings (SSSR count). The molecule has 1 unspecified atom stereocenters. The van der Waals surface area contributed by atoms with Gasteiger partial charge in [-0.2, -0.15) is 0 Å². The smallest absolute Gasteiger partial charge is 0.211 e. The molecule has 1 aliphatic carbocycles. The number of sulfonamides is 1. The fourth-order valence-corrected chi connectivity index (χ4v) is 5.07. The van der Waals surface area contributed by atoms with E-state index < -0.39 is 10.0 Å². The summed E-state index contributed by atoms with van der Waals surface area (Å²) in [7, 11) is -3.10. The maximum atomic E-state index is 11.7. The standard InChI is InChI=1S/C21H35N3O3S/c1-5-28(25,26)23-18-8-6-17(7-9-18)13-22-19-10-11-20-21(12-19)27-16(4)14-24(20)15(2)3/h10-12,15-18,22-23H,5-9,13-14H2,1-4H3/t16?,17-,18-. The Morgan fingerprint density at radius 2 is 1.93 bits per heavy atom. The van der Waals surface area contributed by atoms with E-state index in [9.17, 15) is 8.42 Å². The third kappa shape index (κ3) is 5.32. The molecule has 1 heterocycles. The Morgan fingerprint density at radius 3 is 2.57 bits per heavy atom. The first-order chi connectivity index (χ1) is 13.3. The molecule has 1 saturated carbocycles. The minimum Gasteiger partial charge on any atom is -0.487 e. The summed E-state index contributed by atoms with van der Waals surface area (Å²) in [5.41, 5.74) is 2.26. The van der Waals surface area contributed by atoms with E-state index in [0.29, 0.717) is 12.0 Å². The Morgan fingerprint density at radius 1 is 1.21 bits per heavy atom. The van der Waals surface area contributed by atoms with Crippen LogP contribution in [0.5, 0.6) is 5.75 Å². The van der Waals surface area contributed by atoms with E-state index in [2.05, 4.69) is 53.9 Å². The summed E-state index contributed by atoms with van der Waals surface area (Å²) in [4.78, 5) is 2.39. The van der Waals surface area contributed by atoms with Gasteiger partial charge in [-0.25, -0.2) is 13.1 Å². The largest absolute Gasteiger partial charge is 0.487 e. The Bertz CT molecular complexity index is 758. The van der Waals surface area contributed by atoms with Gasteiger partial charge >= 0.3 is 0 Å². The van der Waals surface area contributed by atoms with Gasteiger partial charge in [-0.15, -0.1) is 0 Å². The number of nitrogens with one attached hydrogen (secondary N) is 2. The van der Waals surface area contributed by atoms with Gasteiger partial charge in [0.05, 0.1) is 18.0 Å². The maximum absolute atomic E-state index is 11.7. The molecule has 158 valence electrons. The van der Waals surface area contributed by atoms with Crippen LogP contribution in [-0.4, -0.2) is 45.4 Å². The van der Waals surface area contributed by atoms with Crippen LogP contribution >= 0.6 is 0 Å². The number of ether oxygens (including phenoxy) is 1. The van der Waals surface area contributed by atoms with Gasteiger partial charge < -0.3 is 15.0 Å². The zero-order chi connectivity index (χ0) is 20.3. The molecule has 28 heavy (non-hydrogen) atoms. The highest BCUT2D eigenvalue weighted by Gasteiger charge is 2.26. The van der Waals surface area contributed by atoms with E-state index in [1.54, 1.807) is 6.92 Å². The zero-order valence-corrected chi connectivity index (χ0v) is 18.4. The van der Waals surface area contributed by atoms with Crippen molar-refractivity contribution in [3.05, 3.63) is 18.2 Å². The SMILES string of the molecule is CCS(=O)(=O)N[C@H]1CC[C@H](CNc2ccc3c(c2)OC(C)CN3C(C)C)CC1. The molecule has 0 saturated heterocycles. The lowest BCUT2D eigenvalue weighted by atomic mass is 9.86. The first-order valence-electron chi connectivity index (χ1n) is 10.6. The van der Waals surface area contributed by atoms with Gasteiger partial charge in [0.15, 0.2) is 0 Å². The van der Waals surface area contributed by atoms with Crippen molar-refractivity contribution in [2.45, 2.75) is 71.6 Å². The van der Waals surface area contributed by atoms with Crippen LogP contribution in [-0.2, 0) is 10.0 Å². The molecule has 1 atom stereocenters. The first-order valence-corrected chi connectivity index (χ1v) is 12.2. The van der Waals surface area contributed by atoms with Crippen molar-refractivity contribution in [3.63, 3.8) is 0 Å². The summed E-state index contributed by atoms with van der Waals surface area (Å²) in [5.74, 6) is 1.68. The number of anilines is 2. The molecule has 1 aromatic rings. The maximum Gasteiger partial charge on any atom is 0.211 e. The molecule has 0 amide bonds. The van der Waals surface area contributed by atoms with E-state index in [4.69, 9.17) is 4.74 Å². The van der Waals surface area contributed by atoms with Crippen molar-refractivity contribution < 1.29 is 13.2 Å². The zero-order valence-electron chi connectivity index (χ0n) is 17.6. The summed E-state index contributed by atoms with van der Waals surface area (Å²) in [6.45, 7) is 10.1. The van der Waals surface area contributed by atoms with Gasteiger partial charge in [0, 0.05) is 30.4 Å². The fraction of sp³-hybridized carbons (Fsp3) is 0.714. The summed E-state index contributed by atoms with van der Waals surface area (Å²) in [6, 6.07) is 6.95. The second kappa shape index (κ2) is 8.91. The molecule has 0 radical (unpaired) electrons. The quantitative estimate of drug-likeness (QED) is 0.720. The number of hydrogen-bond donors (Lipinski definition) is 2. The molecule has 0 bridgehead atoms. The highest BCUT2D eigenvalue weighted by molar-refractivity contribution is 7.89. The van der Waals surface area contributed by atoms with Gasteiger partial charge in [-0.3, -0.25) is 0 Å². The Hall–Kier alpha value is -1.47. The predicted molar refractivity (Wildman–Crippen MR) is 116 cm³/mol. The molecule has 0 aromatic heterocycles. The van der Waals surface area contributed by atoms with Crippen molar-refractivity contribution in [2.75, 3.05) is 29.1 Å². The average Bonchev–Trinajstić information content (AvgIpc) is 2.66. The summed E-state index contributed by atoms with van der Waals surface area (Å²) >= 11 is 0. The van der Waals surface area contributed by atoms with Crippen LogP contribution in [0.15, 0.2) is 18.2 Å². The number of fused-ring (bicyclic) bond motifs is 1. The van der Waals surface area contributed by atoms with Gasteiger partial charge in [0.25, 0.3) is 0 Å². The van der Waals surface area contributed by atoms with Crippen molar-refractivity contribution in [1.82, 2.24) is 4.72 Å². The van der Waals surface area contributed by atoms with Crippen molar-refractivity contribution in [1.29, 1.82) is 0 Å². The highest BCUT2D eigenvalue weighted by atomic mass is 32.2. The number of rotatable bonds is 7. The third-order valence-corrected chi connectivity index (χ3v) is 7.29. The Labute approximate surface area is 170 Å². The van der Waals surface area contributed by atoms with E-state index in [1.165, 1.54) is 5.69 Å². The molecule has 7 heteroatoms. The lowest BCUT2D eigenvalue weighted by molar-refractivity contribution is 0.209. The van der Waals surface area contributed by atoms with E-state index in [1.807, 2.05) is 0 Å². The minimum absolute atomic E-state index is 0.0989. The second-order valence-electron chi connectivity index (χ2n) is 8.48. The predicted octanol–water partition coefficient (Wildman–Crippen LogP) is 3.59. The molecular weight excluding hydrogens is 374 g/mol. The van der Waals surface area contributed by atoms with Crippen molar-refractivity contribution in [2.24, 2.45) is 5.92 Å². The highest BCUT2D eigenvalue weighted by Crippen LogP contribution is 2.37. The van der Waals surface area contributed by atoms with Crippen LogP contribution < -0.4 is 19.7 Å². The van der Waals surface area contributed by atoms with E-state index >= 15 is 0 Å². The molecule has 1 fully saturated rings. The number of hydrogen-bond acceptors (Lipinski definition) is 5. The summed E-state index contributed by atoms with van der Waals surface area (Å²) in [6.07, 6.45) is 4.11. The Kier molecular flexibility index (Phi) is 6.76. The van der Waals surface area contributed by atoms with Crippen LogP contribution in [0, 0.1) is 5.92 Å². The molecule has 1 aliphatic heterocycles. The molecule has 1 aromatic carbocycles. The van der Waals surface area contributed by atoms with Crippen LogP contribution in [0.3, 0.4) is 0 Å². The lowest BCUT2D eigenvalue weighted by Crippen LogP contribution is -2.42. The van der Waals surface area contributed by atoms with Crippen LogP contribution in [0.2, 0.25) is 0 Å². The topological polar surface area (TPSA) is 70.7 Å².